The Morgan fingerprint density at radius 1 is 1.00 bits per heavy atom. The van der Waals surface area contributed by atoms with Gasteiger partial charge in [0.2, 0.25) is 0 Å². The third-order valence-electron chi connectivity index (χ3n) is 4.31. The molecular formula is C19H17NO. The summed E-state index contributed by atoms with van der Waals surface area (Å²) in [4.78, 5) is 4.18. The number of aromatic nitrogens is 1. The predicted molar refractivity (Wildman–Crippen MR) is 84.2 cm³/mol. The van der Waals surface area contributed by atoms with E-state index in [1.54, 1.807) is 6.20 Å². The van der Waals surface area contributed by atoms with Crippen molar-refractivity contribution in [2.24, 2.45) is 0 Å². The predicted octanol–water partition coefficient (Wildman–Crippen LogP) is 4.19. The van der Waals surface area contributed by atoms with E-state index in [4.69, 9.17) is 0 Å². The highest BCUT2D eigenvalue weighted by atomic mass is 16.3. The molecule has 2 nitrogen and oxygen atoms in total. The molecule has 1 heterocycles. The molecule has 0 radical (unpaired) electrons. The van der Waals surface area contributed by atoms with Gasteiger partial charge in [0.05, 0.1) is 0 Å². The Morgan fingerprint density at radius 2 is 1.81 bits per heavy atom. The van der Waals surface area contributed by atoms with Crippen LogP contribution in [-0.2, 0) is 0 Å². The molecule has 0 aliphatic heterocycles. The van der Waals surface area contributed by atoms with Crippen LogP contribution in [-0.4, -0.2) is 10.1 Å². The highest BCUT2D eigenvalue weighted by molar-refractivity contribution is 5.85. The molecule has 1 aromatic heterocycles. The van der Waals surface area contributed by atoms with E-state index in [-0.39, 0.29) is 0 Å². The van der Waals surface area contributed by atoms with E-state index in [1.165, 1.54) is 18.4 Å². The Labute approximate surface area is 124 Å². The first-order valence-corrected chi connectivity index (χ1v) is 7.43. The number of fused-ring (bicyclic) bond motifs is 1. The number of aliphatic hydroxyl groups is 1. The lowest BCUT2D eigenvalue weighted by Gasteiger charge is -2.14. The molecule has 1 fully saturated rings. The first-order valence-electron chi connectivity index (χ1n) is 7.43. The number of aliphatic hydroxyl groups excluding tert-OH is 1. The molecule has 0 amide bonds. The lowest BCUT2D eigenvalue weighted by atomic mass is 9.96. The van der Waals surface area contributed by atoms with Crippen molar-refractivity contribution < 1.29 is 5.11 Å². The van der Waals surface area contributed by atoms with Gasteiger partial charge in [0.1, 0.15) is 6.10 Å². The first kappa shape index (κ1) is 12.5. The highest BCUT2D eigenvalue weighted by Gasteiger charge is 2.23. The van der Waals surface area contributed by atoms with Gasteiger partial charge >= 0.3 is 0 Å². The summed E-state index contributed by atoms with van der Waals surface area (Å²) >= 11 is 0. The molecule has 2 heteroatoms. The van der Waals surface area contributed by atoms with E-state index in [0.29, 0.717) is 0 Å². The maximum atomic E-state index is 10.7. The van der Waals surface area contributed by atoms with Crippen LogP contribution in [0.1, 0.15) is 41.6 Å². The van der Waals surface area contributed by atoms with Gasteiger partial charge < -0.3 is 5.11 Å². The molecule has 0 saturated heterocycles. The molecule has 3 aromatic rings. The lowest BCUT2D eigenvalue weighted by molar-refractivity contribution is 0.222. The smallest absolute Gasteiger partial charge is 0.105 e. The van der Waals surface area contributed by atoms with Crippen LogP contribution in [0.25, 0.3) is 10.8 Å². The van der Waals surface area contributed by atoms with E-state index in [1.807, 2.05) is 42.6 Å². The van der Waals surface area contributed by atoms with Crippen molar-refractivity contribution in [1.82, 2.24) is 4.98 Å². The zero-order chi connectivity index (χ0) is 14.2. The van der Waals surface area contributed by atoms with Gasteiger partial charge in [-0.15, -0.1) is 0 Å². The van der Waals surface area contributed by atoms with E-state index < -0.39 is 6.10 Å². The standard InChI is InChI=1S/C19H17NO/c21-19(16-8-6-14(7-9-16)13-4-5-13)17-3-1-2-15-10-11-20-12-18(15)17/h1-3,6-13,19,21H,4-5H2. The minimum absolute atomic E-state index is 0.605. The summed E-state index contributed by atoms with van der Waals surface area (Å²) in [6.07, 6.45) is 5.61. The van der Waals surface area contributed by atoms with Gasteiger partial charge in [-0.05, 0) is 46.9 Å². The summed E-state index contributed by atoms with van der Waals surface area (Å²) < 4.78 is 0. The van der Waals surface area contributed by atoms with Crippen LogP contribution in [0.4, 0.5) is 0 Å². The van der Waals surface area contributed by atoms with Crippen LogP contribution < -0.4 is 0 Å². The first-order chi connectivity index (χ1) is 10.3. The van der Waals surface area contributed by atoms with Crippen LogP contribution in [0.15, 0.2) is 60.9 Å². The summed E-state index contributed by atoms with van der Waals surface area (Å²) in [7, 11) is 0. The molecule has 1 unspecified atom stereocenters. The van der Waals surface area contributed by atoms with Crippen LogP contribution >= 0.6 is 0 Å². The van der Waals surface area contributed by atoms with Gasteiger partial charge in [0.25, 0.3) is 0 Å². The van der Waals surface area contributed by atoms with Gasteiger partial charge in [0.15, 0.2) is 0 Å². The number of benzene rings is 2. The van der Waals surface area contributed by atoms with Crippen molar-refractivity contribution in [3.63, 3.8) is 0 Å². The van der Waals surface area contributed by atoms with E-state index in [9.17, 15) is 5.11 Å². The molecule has 1 aliphatic carbocycles. The summed E-state index contributed by atoms with van der Waals surface area (Å²) in [6.45, 7) is 0. The average molecular weight is 275 g/mol. The molecule has 0 bridgehead atoms. The molecule has 1 atom stereocenters. The van der Waals surface area contributed by atoms with Crippen molar-refractivity contribution in [3.05, 3.63) is 77.6 Å². The largest absolute Gasteiger partial charge is 0.384 e. The number of rotatable bonds is 3. The van der Waals surface area contributed by atoms with E-state index >= 15 is 0 Å². The maximum absolute atomic E-state index is 10.7. The van der Waals surface area contributed by atoms with Crippen molar-refractivity contribution in [2.75, 3.05) is 0 Å². The van der Waals surface area contributed by atoms with Crippen molar-refractivity contribution >= 4 is 10.8 Å². The van der Waals surface area contributed by atoms with E-state index in [0.717, 1.165) is 27.8 Å². The fourth-order valence-electron chi connectivity index (χ4n) is 2.92. The summed E-state index contributed by atoms with van der Waals surface area (Å²) in [5, 5.41) is 12.8. The van der Waals surface area contributed by atoms with Crippen LogP contribution in [0, 0.1) is 0 Å². The zero-order valence-electron chi connectivity index (χ0n) is 11.7. The summed E-state index contributed by atoms with van der Waals surface area (Å²) in [5.41, 5.74) is 3.25. The summed E-state index contributed by atoms with van der Waals surface area (Å²) in [6, 6.07) is 16.4. The number of nitrogens with zero attached hydrogens (tertiary/aromatic N) is 1. The molecule has 1 N–H and O–H groups in total. The van der Waals surface area contributed by atoms with Gasteiger partial charge in [-0.1, -0.05) is 42.5 Å². The minimum atomic E-state index is -0.605. The quantitative estimate of drug-likeness (QED) is 0.777. The third kappa shape index (κ3) is 2.32. The summed E-state index contributed by atoms with van der Waals surface area (Å²) in [5.74, 6) is 0.748. The number of hydrogen-bond acceptors (Lipinski definition) is 2. The molecule has 1 aliphatic rings. The Balaban J connectivity index is 1.73. The van der Waals surface area contributed by atoms with E-state index in [2.05, 4.69) is 17.1 Å². The molecule has 4 rings (SSSR count). The molecule has 1 saturated carbocycles. The number of pyridine rings is 1. The minimum Gasteiger partial charge on any atom is -0.384 e. The van der Waals surface area contributed by atoms with Crippen molar-refractivity contribution in [3.8, 4) is 0 Å². The topological polar surface area (TPSA) is 33.1 Å². The Bertz CT molecular complexity index is 770. The van der Waals surface area contributed by atoms with Gasteiger partial charge in [-0.3, -0.25) is 4.98 Å². The Morgan fingerprint density at radius 3 is 2.57 bits per heavy atom. The number of hydrogen-bond donors (Lipinski definition) is 1. The monoisotopic (exact) mass is 275 g/mol. The fraction of sp³-hybridized carbons (Fsp3) is 0.211. The normalized spacial score (nSPS) is 16.0. The second kappa shape index (κ2) is 4.97. The lowest BCUT2D eigenvalue weighted by Crippen LogP contribution is -2.01. The second-order valence-electron chi connectivity index (χ2n) is 5.79. The van der Waals surface area contributed by atoms with Crippen molar-refractivity contribution in [2.45, 2.75) is 24.9 Å². The van der Waals surface area contributed by atoms with Crippen LogP contribution in [0.3, 0.4) is 0 Å². The van der Waals surface area contributed by atoms with Crippen molar-refractivity contribution in [1.29, 1.82) is 0 Å². The highest BCUT2D eigenvalue weighted by Crippen LogP contribution is 2.40. The fourth-order valence-corrected chi connectivity index (χ4v) is 2.92. The van der Waals surface area contributed by atoms with Crippen LogP contribution in [0.5, 0.6) is 0 Å². The Hall–Kier alpha value is -2.19. The SMILES string of the molecule is OC(c1ccc(C2CC2)cc1)c1cccc2ccncc12. The maximum Gasteiger partial charge on any atom is 0.105 e. The Kier molecular flexibility index (Phi) is 2.97. The van der Waals surface area contributed by atoms with Gasteiger partial charge in [0, 0.05) is 17.8 Å². The van der Waals surface area contributed by atoms with Gasteiger partial charge in [-0.2, -0.15) is 0 Å². The molecule has 104 valence electrons. The molecule has 0 spiro atoms. The molecular weight excluding hydrogens is 258 g/mol. The molecule has 21 heavy (non-hydrogen) atoms. The van der Waals surface area contributed by atoms with Crippen LogP contribution in [0.2, 0.25) is 0 Å². The second-order valence-corrected chi connectivity index (χ2v) is 5.79. The molecule has 2 aromatic carbocycles. The average Bonchev–Trinajstić information content (AvgIpc) is 3.39. The zero-order valence-corrected chi connectivity index (χ0v) is 11.7. The third-order valence-corrected chi connectivity index (χ3v) is 4.31. The van der Waals surface area contributed by atoms with Gasteiger partial charge in [-0.25, -0.2) is 0 Å².